The summed E-state index contributed by atoms with van der Waals surface area (Å²) >= 11 is 0. The Hall–Kier alpha value is -1.13. The maximum atomic E-state index is 12.2. The molecule has 0 bridgehead atoms. The van der Waals surface area contributed by atoms with Crippen molar-refractivity contribution in [3.63, 3.8) is 0 Å². The molecule has 0 radical (unpaired) electrons. The summed E-state index contributed by atoms with van der Waals surface area (Å²) in [6.07, 6.45) is 52.4. The molecule has 0 aliphatic heterocycles. The Morgan fingerprint density at radius 1 is 0.490 bits per heavy atom. The van der Waals surface area contributed by atoms with Gasteiger partial charge < -0.3 is 14.6 Å². The van der Waals surface area contributed by atoms with Crippen LogP contribution in [0.3, 0.4) is 0 Å². The number of aliphatic hydroxyl groups excluding tert-OH is 1. The fourth-order valence-corrected chi connectivity index (χ4v) is 6.46. The zero-order valence-corrected chi connectivity index (χ0v) is 33.2. The normalized spacial score (nSPS) is 12.5. The second-order valence-corrected chi connectivity index (χ2v) is 14.8. The summed E-state index contributed by atoms with van der Waals surface area (Å²) in [5.41, 5.74) is 0. The van der Waals surface area contributed by atoms with Crippen LogP contribution in [0.25, 0.3) is 0 Å². The van der Waals surface area contributed by atoms with Crippen LogP contribution < -0.4 is 0 Å². The molecule has 290 valence electrons. The number of carbonyl (C=O) groups excluding carboxylic acids is 1. The monoisotopic (exact) mass is 691 g/mol. The van der Waals surface area contributed by atoms with Crippen molar-refractivity contribution < 1.29 is 19.4 Å². The Balaban J connectivity index is 3.38. The van der Waals surface area contributed by atoms with Gasteiger partial charge in [0.2, 0.25) is 0 Å². The number of hydrogen-bond acceptors (Lipinski definition) is 4. The number of unbranched alkanes of at least 4 members (excludes halogenated alkanes) is 29. The second-order valence-electron chi connectivity index (χ2n) is 14.8. The van der Waals surface area contributed by atoms with Gasteiger partial charge in [-0.15, -0.1) is 0 Å². The molecule has 0 aromatic rings. The molecule has 1 atom stereocenters. The molecule has 0 spiro atoms. The van der Waals surface area contributed by atoms with Crippen molar-refractivity contribution in [2.24, 2.45) is 0 Å². The van der Waals surface area contributed by atoms with Crippen molar-refractivity contribution in [2.75, 3.05) is 19.8 Å². The molecule has 1 unspecified atom stereocenters. The van der Waals surface area contributed by atoms with E-state index in [1.807, 2.05) is 0 Å². The second kappa shape index (κ2) is 43.0. The third kappa shape index (κ3) is 41.2. The van der Waals surface area contributed by atoms with Crippen LogP contribution in [0.15, 0.2) is 24.3 Å². The van der Waals surface area contributed by atoms with E-state index in [1.165, 1.54) is 186 Å². The number of hydrogen-bond donors (Lipinski definition) is 1. The molecule has 0 aromatic heterocycles. The highest BCUT2D eigenvalue weighted by Crippen LogP contribution is 2.16. The van der Waals surface area contributed by atoms with E-state index in [0.717, 1.165) is 25.7 Å². The number of aliphatic hydroxyl groups is 1. The largest absolute Gasteiger partial charge is 0.457 e. The molecule has 4 nitrogen and oxygen atoms in total. The van der Waals surface area contributed by atoms with Crippen LogP contribution in [0, 0.1) is 0 Å². The van der Waals surface area contributed by atoms with E-state index in [1.54, 1.807) is 0 Å². The van der Waals surface area contributed by atoms with Gasteiger partial charge in [0.05, 0.1) is 13.2 Å². The lowest BCUT2D eigenvalue weighted by Crippen LogP contribution is -2.27. The summed E-state index contributed by atoms with van der Waals surface area (Å²) in [4.78, 5) is 12.2. The van der Waals surface area contributed by atoms with Gasteiger partial charge >= 0.3 is 5.97 Å². The predicted molar refractivity (Wildman–Crippen MR) is 214 cm³/mol. The van der Waals surface area contributed by atoms with E-state index in [-0.39, 0.29) is 12.6 Å². The number of allylic oxidation sites excluding steroid dienone is 4. The van der Waals surface area contributed by atoms with Gasteiger partial charge in [-0.3, -0.25) is 4.79 Å². The fourth-order valence-electron chi connectivity index (χ4n) is 6.46. The molecule has 0 aliphatic carbocycles. The van der Waals surface area contributed by atoms with Crippen molar-refractivity contribution in [2.45, 2.75) is 238 Å². The first-order chi connectivity index (χ1) is 24.2. The van der Waals surface area contributed by atoms with Crippen LogP contribution in [-0.2, 0) is 14.3 Å². The minimum absolute atomic E-state index is 0.172. The zero-order valence-electron chi connectivity index (χ0n) is 33.2. The highest BCUT2D eigenvalue weighted by atomic mass is 16.6. The lowest BCUT2D eigenvalue weighted by Gasteiger charge is -2.15. The van der Waals surface area contributed by atoms with Crippen LogP contribution in [0.2, 0.25) is 0 Å². The van der Waals surface area contributed by atoms with E-state index in [9.17, 15) is 9.90 Å². The average Bonchev–Trinajstić information content (AvgIpc) is 3.11. The van der Waals surface area contributed by atoms with E-state index in [2.05, 4.69) is 38.2 Å². The lowest BCUT2D eigenvalue weighted by atomic mass is 10.0. The van der Waals surface area contributed by atoms with Crippen LogP contribution in [0.5, 0.6) is 0 Å². The van der Waals surface area contributed by atoms with Gasteiger partial charge in [-0.25, -0.2) is 0 Å². The van der Waals surface area contributed by atoms with Gasteiger partial charge in [-0.1, -0.05) is 212 Å². The quantitative estimate of drug-likeness (QED) is 0.0394. The summed E-state index contributed by atoms with van der Waals surface area (Å²) in [6.45, 7) is 5.32. The lowest BCUT2D eigenvalue weighted by molar-refractivity contribution is -0.154. The van der Waals surface area contributed by atoms with Gasteiger partial charge in [0.25, 0.3) is 0 Å². The summed E-state index contributed by atoms with van der Waals surface area (Å²) in [5, 5.41) is 9.60. The molecule has 0 fully saturated rings. The number of esters is 1. The van der Waals surface area contributed by atoms with Gasteiger partial charge in [0.1, 0.15) is 6.10 Å². The van der Waals surface area contributed by atoms with Crippen molar-refractivity contribution in [1.29, 1.82) is 0 Å². The minimum Gasteiger partial charge on any atom is -0.457 e. The fraction of sp³-hybridized carbons (Fsp3) is 0.889. The highest BCUT2D eigenvalue weighted by Gasteiger charge is 2.13. The molecule has 0 heterocycles. The predicted octanol–water partition coefficient (Wildman–Crippen LogP) is 14.3. The van der Waals surface area contributed by atoms with E-state index in [4.69, 9.17) is 9.47 Å². The van der Waals surface area contributed by atoms with Gasteiger partial charge in [-0.2, -0.15) is 0 Å². The zero-order chi connectivity index (χ0) is 35.6. The third-order valence-corrected chi connectivity index (χ3v) is 9.78. The number of carbonyl (C=O) groups is 1. The molecule has 0 aromatic carbocycles. The first-order valence-electron chi connectivity index (χ1n) is 21.9. The first kappa shape index (κ1) is 47.9. The molecule has 49 heavy (non-hydrogen) atoms. The molecular formula is C45H86O4. The van der Waals surface area contributed by atoms with Gasteiger partial charge in [0.15, 0.2) is 0 Å². The average molecular weight is 691 g/mol. The van der Waals surface area contributed by atoms with Crippen molar-refractivity contribution in [3.8, 4) is 0 Å². The number of rotatable bonds is 41. The Labute approximate surface area is 307 Å². The summed E-state index contributed by atoms with van der Waals surface area (Å²) in [5.74, 6) is -0.200. The molecule has 0 saturated heterocycles. The number of ether oxygens (including phenoxy) is 2. The van der Waals surface area contributed by atoms with Crippen LogP contribution >= 0.6 is 0 Å². The Kier molecular flexibility index (Phi) is 42.0. The standard InChI is InChI=1S/C45H86O4/c1-3-5-7-9-11-13-15-17-19-20-21-22-23-24-25-26-28-30-32-34-36-38-40-45(47)49-44(42-46)43-48-41-39-37-35-33-31-29-27-18-16-14-12-10-8-6-4-2/h10,12,16,18,44,46H,3-9,11,13-15,17,19-43H2,1-2H3/b12-10-,18-16-. The van der Waals surface area contributed by atoms with Crippen LogP contribution in [-0.4, -0.2) is 37.0 Å². The summed E-state index contributed by atoms with van der Waals surface area (Å²) in [6, 6.07) is 0. The molecular weight excluding hydrogens is 604 g/mol. The Morgan fingerprint density at radius 2 is 0.878 bits per heavy atom. The molecule has 0 aliphatic rings. The molecule has 0 saturated carbocycles. The first-order valence-corrected chi connectivity index (χ1v) is 21.9. The SMILES string of the molecule is CCCC/C=C\C/C=C\CCCCCCCCOCC(CO)OC(=O)CCCCCCCCCCCCCCCCCCCCCCCC. The van der Waals surface area contributed by atoms with Crippen molar-refractivity contribution >= 4 is 5.97 Å². The summed E-state index contributed by atoms with van der Waals surface area (Å²) in [7, 11) is 0. The Morgan fingerprint density at radius 3 is 1.33 bits per heavy atom. The van der Waals surface area contributed by atoms with E-state index in [0.29, 0.717) is 19.6 Å². The molecule has 0 amide bonds. The Bertz CT molecular complexity index is 688. The maximum absolute atomic E-state index is 12.2. The van der Waals surface area contributed by atoms with Crippen molar-refractivity contribution in [3.05, 3.63) is 24.3 Å². The van der Waals surface area contributed by atoms with Gasteiger partial charge in [0, 0.05) is 13.0 Å². The highest BCUT2D eigenvalue weighted by molar-refractivity contribution is 5.69. The third-order valence-electron chi connectivity index (χ3n) is 9.78. The summed E-state index contributed by atoms with van der Waals surface area (Å²) < 4.78 is 11.2. The van der Waals surface area contributed by atoms with E-state index >= 15 is 0 Å². The van der Waals surface area contributed by atoms with Crippen molar-refractivity contribution in [1.82, 2.24) is 0 Å². The van der Waals surface area contributed by atoms with Crippen LogP contribution in [0.1, 0.15) is 232 Å². The molecule has 1 N–H and O–H groups in total. The minimum atomic E-state index is -0.535. The molecule has 0 rings (SSSR count). The maximum Gasteiger partial charge on any atom is 0.306 e. The van der Waals surface area contributed by atoms with Crippen LogP contribution in [0.4, 0.5) is 0 Å². The van der Waals surface area contributed by atoms with E-state index < -0.39 is 6.10 Å². The smallest absolute Gasteiger partial charge is 0.306 e. The van der Waals surface area contributed by atoms with Gasteiger partial charge in [-0.05, 0) is 38.5 Å². The molecule has 4 heteroatoms. The topological polar surface area (TPSA) is 55.8 Å².